The van der Waals surface area contributed by atoms with Gasteiger partial charge in [0.15, 0.2) is 5.78 Å². The molecule has 0 amide bonds. The van der Waals surface area contributed by atoms with E-state index in [0.717, 1.165) is 25.5 Å². The summed E-state index contributed by atoms with van der Waals surface area (Å²) in [6.45, 7) is 0. The molecule has 0 atom stereocenters. The lowest BCUT2D eigenvalue weighted by molar-refractivity contribution is 0.0911. The van der Waals surface area contributed by atoms with Gasteiger partial charge in [-0.2, -0.15) is 0 Å². The third kappa shape index (κ3) is 2.21. The lowest BCUT2D eigenvalue weighted by Gasteiger charge is -2.37. The maximum absolute atomic E-state index is 12.8. The van der Waals surface area contributed by atoms with Gasteiger partial charge in [0.2, 0.25) is 0 Å². The van der Waals surface area contributed by atoms with Crippen molar-refractivity contribution in [2.75, 3.05) is 0 Å². The molecule has 0 unspecified atom stereocenters. The summed E-state index contributed by atoms with van der Waals surface area (Å²) in [5.41, 5.74) is 5.90. The van der Waals surface area contributed by atoms with E-state index in [-0.39, 0.29) is 17.7 Å². The molecule has 1 aliphatic carbocycles. The van der Waals surface area contributed by atoms with Crippen LogP contribution in [-0.4, -0.2) is 16.3 Å². The summed E-state index contributed by atoms with van der Waals surface area (Å²) < 4.78 is 12.8. The molecule has 0 spiro atoms. The van der Waals surface area contributed by atoms with Gasteiger partial charge in [-0.1, -0.05) is 0 Å². The average Bonchev–Trinajstić information content (AvgIpc) is 2.15. The minimum atomic E-state index is -0.486. The fourth-order valence-electron chi connectivity index (χ4n) is 1.79. The summed E-state index contributed by atoms with van der Waals surface area (Å²) in [4.78, 5) is 15.4. The number of carbonyl (C=O) groups is 1. The molecular weight excluding hydrogens is 195 g/mol. The van der Waals surface area contributed by atoms with E-state index in [2.05, 4.69) is 4.98 Å². The third-order valence-corrected chi connectivity index (χ3v) is 2.89. The fraction of sp³-hybridized carbons (Fsp3) is 0.455. The number of ketones is 1. The minimum absolute atomic E-state index is 0.121. The fourth-order valence-corrected chi connectivity index (χ4v) is 1.79. The zero-order valence-corrected chi connectivity index (χ0v) is 8.37. The second-order valence-corrected chi connectivity index (χ2v) is 4.21. The van der Waals surface area contributed by atoms with Crippen LogP contribution in [0.25, 0.3) is 0 Å². The molecule has 1 fully saturated rings. The van der Waals surface area contributed by atoms with Gasteiger partial charge >= 0.3 is 0 Å². The van der Waals surface area contributed by atoms with Crippen LogP contribution in [0.15, 0.2) is 18.5 Å². The monoisotopic (exact) mass is 208 g/mol. The summed E-state index contributed by atoms with van der Waals surface area (Å²) in [6.07, 6.45) is 5.58. The van der Waals surface area contributed by atoms with Crippen LogP contribution < -0.4 is 5.73 Å². The molecular formula is C11H13FN2O. The van der Waals surface area contributed by atoms with E-state index >= 15 is 0 Å². The molecule has 15 heavy (non-hydrogen) atoms. The van der Waals surface area contributed by atoms with Crippen molar-refractivity contribution in [2.45, 2.75) is 31.2 Å². The van der Waals surface area contributed by atoms with Gasteiger partial charge in [-0.15, -0.1) is 0 Å². The molecule has 1 aliphatic rings. The van der Waals surface area contributed by atoms with Gasteiger partial charge in [0.05, 0.1) is 6.20 Å². The van der Waals surface area contributed by atoms with E-state index < -0.39 is 5.82 Å². The Bertz CT molecular complexity index is 388. The Kier molecular flexibility index (Phi) is 2.52. The molecule has 0 radical (unpaired) electrons. The lowest BCUT2D eigenvalue weighted by Crippen LogP contribution is -2.48. The quantitative estimate of drug-likeness (QED) is 0.769. The van der Waals surface area contributed by atoms with Gasteiger partial charge < -0.3 is 5.73 Å². The van der Waals surface area contributed by atoms with Crippen LogP contribution in [0.5, 0.6) is 0 Å². The summed E-state index contributed by atoms with van der Waals surface area (Å²) in [7, 11) is 0. The largest absolute Gasteiger partial charge is 0.325 e. The number of hydrogen-bond acceptors (Lipinski definition) is 3. The van der Waals surface area contributed by atoms with Crippen molar-refractivity contribution in [1.82, 2.24) is 4.98 Å². The number of carbonyl (C=O) groups excluding carboxylic acids is 1. The standard InChI is InChI=1S/C11H13FN2O/c12-9-4-8(6-14-7-9)10(15)5-11(13)2-1-3-11/h4,6-7H,1-3,5,13H2. The van der Waals surface area contributed by atoms with E-state index in [9.17, 15) is 9.18 Å². The van der Waals surface area contributed by atoms with Gasteiger partial charge in [-0.3, -0.25) is 9.78 Å². The molecule has 1 heterocycles. The molecule has 2 N–H and O–H groups in total. The van der Waals surface area contributed by atoms with Gasteiger partial charge in [0.1, 0.15) is 5.82 Å². The van der Waals surface area contributed by atoms with Crippen LogP contribution in [0, 0.1) is 5.82 Å². The highest BCUT2D eigenvalue weighted by Gasteiger charge is 2.34. The van der Waals surface area contributed by atoms with Gasteiger partial charge in [-0.25, -0.2) is 4.39 Å². The molecule has 1 aromatic rings. The average molecular weight is 208 g/mol. The van der Waals surface area contributed by atoms with E-state index in [4.69, 9.17) is 5.73 Å². The van der Waals surface area contributed by atoms with Crippen LogP contribution in [0.1, 0.15) is 36.0 Å². The summed E-state index contributed by atoms with van der Waals surface area (Å²) in [5.74, 6) is -0.607. The van der Waals surface area contributed by atoms with Crippen molar-refractivity contribution in [1.29, 1.82) is 0 Å². The Morgan fingerprint density at radius 2 is 2.27 bits per heavy atom. The van der Waals surface area contributed by atoms with Crippen LogP contribution in [0.4, 0.5) is 4.39 Å². The van der Waals surface area contributed by atoms with Gasteiger partial charge in [0, 0.05) is 23.7 Å². The second kappa shape index (κ2) is 3.70. The highest BCUT2D eigenvalue weighted by Crippen LogP contribution is 2.33. The molecule has 0 saturated heterocycles. The van der Waals surface area contributed by atoms with E-state index in [1.807, 2.05) is 0 Å². The lowest BCUT2D eigenvalue weighted by atomic mass is 9.74. The molecule has 1 saturated carbocycles. The first-order valence-electron chi connectivity index (χ1n) is 5.02. The Morgan fingerprint density at radius 3 is 2.80 bits per heavy atom. The zero-order chi connectivity index (χ0) is 10.9. The number of pyridine rings is 1. The van der Waals surface area contributed by atoms with Crippen molar-refractivity contribution < 1.29 is 9.18 Å². The van der Waals surface area contributed by atoms with Crippen molar-refractivity contribution in [3.8, 4) is 0 Å². The zero-order valence-electron chi connectivity index (χ0n) is 8.37. The third-order valence-electron chi connectivity index (χ3n) is 2.89. The van der Waals surface area contributed by atoms with E-state index in [1.54, 1.807) is 0 Å². The van der Waals surface area contributed by atoms with Gasteiger partial charge in [0.25, 0.3) is 0 Å². The SMILES string of the molecule is NC1(CC(=O)c2cncc(F)c2)CCC1. The summed E-state index contributed by atoms with van der Waals surface area (Å²) in [6, 6.07) is 1.21. The number of nitrogens with zero attached hydrogens (tertiary/aromatic N) is 1. The van der Waals surface area contributed by atoms with Crippen LogP contribution in [0.3, 0.4) is 0 Å². The molecule has 3 nitrogen and oxygen atoms in total. The summed E-state index contributed by atoms with van der Waals surface area (Å²) >= 11 is 0. The van der Waals surface area contributed by atoms with Crippen LogP contribution in [0.2, 0.25) is 0 Å². The highest BCUT2D eigenvalue weighted by atomic mass is 19.1. The van der Waals surface area contributed by atoms with Crippen LogP contribution >= 0.6 is 0 Å². The molecule has 4 heteroatoms. The minimum Gasteiger partial charge on any atom is -0.325 e. The number of hydrogen-bond donors (Lipinski definition) is 1. The van der Waals surface area contributed by atoms with Crippen molar-refractivity contribution >= 4 is 5.78 Å². The number of Topliss-reactive ketones (excluding diaryl/α,β-unsaturated/α-hetero) is 1. The topological polar surface area (TPSA) is 56.0 Å². The van der Waals surface area contributed by atoms with Crippen molar-refractivity contribution in [3.05, 3.63) is 29.8 Å². The molecule has 2 rings (SSSR count). The van der Waals surface area contributed by atoms with E-state index in [0.29, 0.717) is 5.56 Å². The molecule has 0 aromatic carbocycles. The molecule has 1 aromatic heterocycles. The second-order valence-electron chi connectivity index (χ2n) is 4.21. The Labute approximate surface area is 87.5 Å². The Balaban J connectivity index is 2.08. The van der Waals surface area contributed by atoms with E-state index in [1.165, 1.54) is 12.3 Å². The highest BCUT2D eigenvalue weighted by molar-refractivity contribution is 5.96. The Morgan fingerprint density at radius 1 is 1.53 bits per heavy atom. The predicted octanol–water partition coefficient (Wildman–Crippen LogP) is 1.67. The van der Waals surface area contributed by atoms with Crippen molar-refractivity contribution in [2.24, 2.45) is 5.73 Å². The molecule has 0 bridgehead atoms. The maximum Gasteiger partial charge on any atom is 0.166 e. The smallest absolute Gasteiger partial charge is 0.166 e. The molecule has 0 aliphatic heterocycles. The predicted molar refractivity (Wildman–Crippen MR) is 53.9 cm³/mol. The maximum atomic E-state index is 12.8. The van der Waals surface area contributed by atoms with Crippen LogP contribution in [-0.2, 0) is 0 Å². The normalized spacial score (nSPS) is 18.3. The number of nitrogens with two attached hydrogens (primary N) is 1. The first-order valence-corrected chi connectivity index (χ1v) is 5.02. The first-order chi connectivity index (χ1) is 7.09. The van der Waals surface area contributed by atoms with Gasteiger partial charge in [-0.05, 0) is 25.3 Å². The van der Waals surface area contributed by atoms with Crippen molar-refractivity contribution in [3.63, 3.8) is 0 Å². The number of aromatic nitrogens is 1. The number of rotatable bonds is 3. The first kappa shape index (κ1) is 10.2. The summed E-state index contributed by atoms with van der Waals surface area (Å²) in [5, 5.41) is 0. The molecule has 80 valence electrons. The Hall–Kier alpha value is -1.29. The number of halogens is 1.